The van der Waals surface area contributed by atoms with E-state index in [0.717, 1.165) is 61.0 Å². The van der Waals surface area contributed by atoms with Crippen molar-refractivity contribution in [1.82, 2.24) is 19.8 Å². The molecule has 2 heterocycles. The summed E-state index contributed by atoms with van der Waals surface area (Å²) < 4.78 is 32.8. The third-order valence-electron chi connectivity index (χ3n) is 7.29. The number of benzene rings is 2. The van der Waals surface area contributed by atoms with Gasteiger partial charge in [-0.05, 0) is 49.3 Å². The van der Waals surface area contributed by atoms with Gasteiger partial charge in [0, 0.05) is 44.8 Å². The molecular formula is C30H42N4O5S. The molecule has 0 radical (unpaired) electrons. The molecule has 2 amide bonds. The number of fused-ring (bicyclic) bond motifs is 1. The summed E-state index contributed by atoms with van der Waals surface area (Å²) in [4.78, 5) is 27.5. The molecule has 218 valence electrons. The zero-order valence-electron chi connectivity index (χ0n) is 23.3. The summed E-state index contributed by atoms with van der Waals surface area (Å²) >= 11 is 0. The first-order valence-electron chi connectivity index (χ1n) is 14.4. The highest BCUT2D eigenvalue weighted by Crippen LogP contribution is 2.24. The SMILES string of the molecule is O=C(Cc1ccc2c(c1)CN(Cc1ccccc1)CC(=O)NCCCCCO2)NCCS(=O)(=O)N1CCCCC1. The molecule has 4 rings (SSSR count). The third kappa shape index (κ3) is 9.60. The van der Waals surface area contributed by atoms with E-state index in [1.54, 1.807) is 0 Å². The minimum atomic E-state index is -3.36. The summed E-state index contributed by atoms with van der Waals surface area (Å²) in [5, 5.41) is 5.81. The number of carbonyl (C=O) groups is 2. The van der Waals surface area contributed by atoms with E-state index in [-0.39, 0.29) is 37.1 Å². The lowest BCUT2D eigenvalue weighted by atomic mass is 10.1. The molecule has 0 bridgehead atoms. The average molecular weight is 571 g/mol. The second-order valence-electron chi connectivity index (χ2n) is 10.6. The molecule has 0 spiro atoms. The van der Waals surface area contributed by atoms with Gasteiger partial charge in [0.25, 0.3) is 0 Å². The Hall–Kier alpha value is -2.95. The van der Waals surface area contributed by atoms with Gasteiger partial charge in [0.05, 0.1) is 25.3 Å². The molecule has 2 aliphatic rings. The maximum Gasteiger partial charge on any atom is 0.234 e. The van der Waals surface area contributed by atoms with Crippen LogP contribution < -0.4 is 15.4 Å². The Labute approximate surface area is 238 Å². The third-order valence-corrected chi connectivity index (χ3v) is 9.16. The normalized spacial score (nSPS) is 18.2. The molecule has 1 fully saturated rings. The maximum absolute atomic E-state index is 12.7. The number of ether oxygens (including phenoxy) is 1. The van der Waals surface area contributed by atoms with Crippen LogP contribution in [-0.4, -0.2) is 74.5 Å². The Bertz CT molecular complexity index is 1220. The molecule has 0 aromatic heterocycles. The number of hydrogen-bond donors (Lipinski definition) is 2. The van der Waals surface area contributed by atoms with Crippen LogP contribution >= 0.6 is 0 Å². The van der Waals surface area contributed by atoms with Crippen molar-refractivity contribution >= 4 is 21.8 Å². The van der Waals surface area contributed by atoms with E-state index in [1.165, 1.54) is 4.31 Å². The molecule has 1 saturated heterocycles. The Morgan fingerprint density at radius 2 is 1.70 bits per heavy atom. The molecule has 2 aromatic carbocycles. The first-order chi connectivity index (χ1) is 19.4. The number of carbonyl (C=O) groups excluding carboxylic acids is 2. The molecule has 0 atom stereocenters. The van der Waals surface area contributed by atoms with Crippen LogP contribution in [0, 0.1) is 0 Å². The van der Waals surface area contributed by atoms with Gasteiger partial charge in [-0.15, -0.1) is 0 Å². The Kier molecular flexibility index (Phi) is 11.4. The molecule has 0 unspecified atom stereocenters. The second kappa shape index (κ2) is 15.2. The van der Waals surface area contributed by atoms with Gasteiger partial charge >= 0.3 is 0 Å². The van der Waals surface area contributed by atoms with Crippen molar-refractivity contribution < 1.29 is 22.7 Å². The van der Waals surface area contributed by atoms with Crippen molar-refractivity contribution in [3.63, 3.8) is 0 Å². The molecule has 40 heavy (non-hydrogen) atoms. The van der Waals surface area contributed by atoms with E-state index in [2.05, 4.69) is 15.5 Å². The smallest absolute Gasteiger partial charge is 0.234 e. The summed E-state index contributed by atoms with van der Waals surface area (Å²) in [6, 6.07) is 15.8. The van der Waals surface area contributed by atoms with Crippen molar-refractivity contribution in [2.24, 2.45) is 0 Å². The minimum Gasteiger partial charge on any atom is -0.493 e. The van der Waals surface area contributed by atoms with E-state index in [1.807, 2.05) is 48.5 Å². The zero-order chi connectivity index (χ0) is 28.2. The van der Waals surface area contributed by atoms with Crippen LogP contribution in [0.4, 0.5) is 0 Å². The van der Waals surface area contributed by atoms with Crippen LogP contribution in [0.2, 0.25) is 0 Å². The summed E-state index contributed by atoms with van der Waals surface area (Å²) in [6.45, 7) is 3.81. The van der Waals surface area contributed by atoms with E-state index >= 15 is 0 Å². The van der Waals surface area contributed by atoms with Crippen LogP contribution in [-0.2, 0) is 39.1 Å². The highest BCUT2D eigenvalue weighted by molar-refractivity contribution is 7.89. The fourth-order valence-corrected chi connectivity index (χ4v) is 6.60. The molecule has 10 heteroatoms. The van der Waals surface area contributed by atoms with Gasteiger partial charge in [-0.1, -0.05) is 48.9 Å². The summed E-state index contributed by atoms with van der Waals surface area (Å²) in [7, 11) is -3.36. The molecule has 2 aromatic rings. The van der Waals surface area contributed by atoms with Crippen LogP contribution in [0.5, 0.6) is 5.75 Å². The first-order valence-corrected chi connectivity index (χ1v) is 16.0. The van der Waals surface area contributed by atoms with Crippen LogP contribution in [0.25, 0.3) is 0 Å². The standard InChI is InChI=1S/C30H42N4O5S/c35-29(32-15-19-40(37,38)34-16-7-3-8-17-34)21-26-12-13-28-27(20-26)23-33(22-25-10-4-1-5-11-25)24-30(36)31-14-6-2-9-18-39-28/h1,4-5,10-13,20H,2-3,6-9,14-19,21-24H2,(H,31,36)(H,32,35). The van der Waals surface area contributed by atoms with Gasteiger partial charge in [-0.2, -0.15) is 0 Å². The van der Waals surface area contributed by atoms with Gasteiger partial charge in [0.1, 0.15) is 5.75 Å². The number of sulfonamides is 1. The van der Waals surface area contributed by atoms with Crippen LogP contribution in [0.15, 0.2) is 48.5 Å². The Morgan fingerprint density at radius 3 is 2.50 bits per heavy atom. The highest BCUT2D eigenvalue weighted by Gasteiger charge is 2.23. The average Bonchev–Trinajstić information content (AvgIpc) is 2.95. The topological polar surface area (TPSA) is 108 Å². The predicted octanol–water partition coefficient (Wildman–Crippen LogP) is 2.84. The molecule has 9 nitrogen and oxygen atoms in total. The highest BCUT2D eigenvalue weighted by atomic mass is 32.2. The van der Waals surface area contributed by atoms with E-state index in [9.17, 15) is 18.0 Å². The van der Waals surface area contributed by atoms with Crippen molar-refractivity contribution in [1.29, 1.82) is 0 Å². The van der Waals surface area contributed by atoms with Gasteiger partial charge in [0.2, 0.25) is 21.8 Å². The van der Waals surface area contributed by atoms with Gasteiger partial charge in [-0.3, -0.25) is 14.5 Å². The Balaban J connectivity index is 1.42. The van der Waals surface area contributed by atoms with Crippen molar-refractivity contribution in [2.45, 2.75) is 58.0 Å². The van der Waals surface area contributed by atoms with Crippen molar-refractivity contribution in [2.75, 3.05) is 45.1 Å². The lowest BCUT2D eigenvalue weighted by molar-refractivity contribution is -0.122. The van der Waals surface area contributed by atoms with Gasteiger partial charge in [-0.25, -0.2) is 12.7 Å². The number of piperidine rings is 1. The van der Waals surface area contributed by atoms with Crippen LogP contribution in [0.1, 0.15) is 55.2 Å². The lowest BCUT2D eigenvalue weighted by Crippen LogP contribution is -2.40. The van der Waals surface area contributed by atoms with E-state index in [4.69, 9.17) is 4.74 Å². The Morgan fingerprint density at radius 1 is 0.925 bits per heavy atom. The molecule has 2 N–H and O–H groups in total. The first kappa shape index (κ1) is 30.0. The fraction of sp³-hybridized carbons (Fsp3) is 0.533. The zero-order valence-corrected chi connectivity index (χ0v) is 24.1. The number of nitrogens with one attached hydrogen (secondary N) is 2. The van der Waals surface area contributed by atoms with Crippen LogP contribution in [0.3, 0.4) is 0 Å². The predicted molar refractivity (Wildman–Crippen MR) is 155 cm³/mol. The van der Waals surface area contributed by atoms with E-state index in [0.29, 0.717) is 39.3 Å². The second-order valence-corrected chi connectivity index (χ2v) is 12.7. The molecule has 0 aliphatic carbocycles. The molecule has 0 saturated carbocycles. The summed E-state index contributed by atoms with van der Waals surface area (Å²) in [5.74, 6) is 0.440. The lowest BCUT2D eigenvalue weighted by Gasteiger charge is -2.25. The largest absolute Gasteiger partial charge is 0.493 e. The monoisotopic (exact) mass is 570 g/mol. The minimum absolute atomic E-state index is 0.00677. The maximum atomic E-state index is 12.7. The number of nitrogens with zero attached hydrogens (tertiary/aromatic N) is 2. The fourth-order valence-electron chi connectivity index (χ4n) is 5.17. The van der Waals surface area contributed by atoms with E-state index < -0.39 is 10.0 Å². The van der Waals surface area contributed by atoms with Gasteiger partial charge in [0.15, 0.2) is 0 Å². The molecule has 2 aliphatic heterocycles. The van der Waals surface area contributed by atoms with Gasteiger partial charge < -0.3 is 15.4 Å². The number of rotatable bonds is 8. The summed E-state index contributed by atoms with van der Waals surface area (Å²) in [5.41, 5.74) is 2.84. The quantitative estimate of drug-likeness (QED) is 0.506. The summed E-state index contributed by atoms with van der Waals surface area (Å²) in [6.07, 6.45) is 5.75. The number of hydrogen-bond acceptors (Lipinski definition) is 6. The van der Waals surface area contributed by atoms with Crippen molar-refractivity contribution in [3.05, 3.63) is 65.2 Å². The van der Waals surface area contributed by atoms with Crippen molar-refractivity contribution in [3.8, 4) is 5.75 Å². The molecular weight excluding hydrogens is 528 g/mol. The number of amides is 2.